The fraction of sp³-hybridized carbons (Fsp3) is 0.619. The molecule has 2 amide bonds. The highest BCUT2D eigenvalue weighted by atomic mass is 16.5. The number of nitrogens with zero attached hydrogens (tertiary/aromatic N) is 3. The van der Waals surface area contributed by atoms with Crippen LogP contribution in [-0.2, 0) is 4.74 Å². The number of likely N-dealkylation sites (tertiary alicyclic amines) is 2. The van der Waals surface area contributed by atoms with E-state index in [-0.39, 0.29) is 11.8 Å². The molecule has 3 saturated heterocycles. The van der Waals surface area contributed by atoms with Crippen LogP contribution in [0.3, 0.4) is 0 Å². The van der Waals surface area contributed by atoms with Gasteiger partial charge in [0.25, 0.3) is 11.8 Å². The molecular formula is C21H29N3O3. The maximum atomic E-state index is 12.7. The van der Waals surface area contributed by atoms with E-state index in [4.69, 9.17) is 4.74 Å². The van der Waals surface area contributed by atoms with Crippen molar-refractivity contribution in [3.63, 3.8) is 0 Å². The van der Waals surface area contributed by atoms with E-state index in [0.29, 0.717) is 49.5 Å². The number of morpholine rings is 1. The third-order valence-electron chi connectivity index (χ3n) is 6.15. The van der Waals surface area contributed by atoms with Gasteiger partial charge in [-0.3, -0.25) is 14.5 Å². The highest BCUT2D eigenvalue weighted by Gasteiger charge is 2.37. The van der Waals surface area contributed by atoms with E-state index in [1.165, 1.54) is 19.3 Å². The van der Waals surface area contributed by atoms with Crippen LogP contribution in [0.1, 0.15) is 46.9 Å². The summed E-state index contributed by atoms with van der Waals surface area (Å²) in [5.41, 5.74) is 1.30. The van der Waals surface area contributed by atoms with Gasteiger partial charge in [0, 0.05) is 49.4 Å². The Kier molecular flexibility index (Phi) is 5.45. The first-order valence-electron chi connectivity index (χ1n) is 10.2. The van der Waals surface area contributed by atoms with Crippen LogP contribution in [0.5, 0.6) is 0 Å². The van der Waals surface area contributed by atoms with Crippen molar-refractivity contribution in [2.75, 3.05) is 45.9 Å². The molecule has 3 fully saturated rings. The number of benzene rings is 1. The lowest BCUT2D eigenvalue weighted by atomic mass is 9.97. The molecule has 27 heavy (non-hydrogen) atoms. The van der Waals surface area contributed by atoms with Gasteiger partial charge in [0.15, 0.2) is 0 Å². The molecule has 0 aromatic heterocycles. The molecule has 0 saturated carbocycles. The Labute approximate surface area is 161 Å². The number of rotatable bonds is 3. The van der Waals surface area contributed by atoms with Gasteiger partial charge in [-0.05, 0) is 50.6 Å². The molecule has 0 spiro atoms. The summed E-state index contributed by atoms with van der Waals surface area (Å²) in [6.45, 7) is 7.53. The summed E-state index contributed by atoms with van der Waals surface area (Å²) in [6, 6.07) is 8.25. The van der Waals surface area contributed by atoms with Crippen LogP contribution in [0.25, 0.3) is 0 Å². The molecule has 0 N–H and O–H groups in total. The number of hydrogen-bond acceptors (Lipinski definition) is 4. The minimum absolute atomic E-state index is 0.0143. The van der Waals surface area contributed by atoms with Gasteiger partial charge in [0.2, 0.25) is 0 Å². The zero-order valence-electron chi connectivity index (χ0n) is 16.1. The molecule has 0 bridgehead atoms. The van der Waals surface area contributed by atoms with Gasteiger partial charge < -0.3 is 14.5 Å². The molecule has 3 aliphatic rings. The van der Waals surface area contributed by atoms with Crippen LogP contribution in [-0.4, -0.2) is 84.5 Å². The fourth-order valence-corrected chi connectivity index (χ4v) is 4.38. The number of piperidine rings is 1. The summed E-state index contributed by atoms with van der Waals surface area (Å²) in [6.07, 6.45) is 3.86. The van der Waals surface area contributed by atoms with Crippen molar-refractivity contribution >= 4 is 11.8 Å². The smallest absolute Gasteiger partial charge is 0.254 e. The Morgan fingerprint density at radius 1 is 0.889 bits per heavy atom. The second-order valence-electron chi connectivity index (χ2n) is 7.93. The zero-order valence-corrected chi connectivity index (χ0v) is 16.1. The predicted octanol–water partition coefficient (Wildman–Crippen LogP) is 1.86. The van der Waals surface area contributed by atoms with Crippen LogP contribution in [0.15, 0.2) is 24.3 Å². The van der Waals surface area contributed by atoms with Gasteiger partial charge in [-0.2, -0.15) is 0 Å². The highest BCUT2D eigenvalue weighted by molar-refractivity contribution is 5.98. The maximum absolute atomic E-state index is 12.7. The molecule has 4 rings (SSSR count). The summed E-state index contributed by atoms with van der Waals surface area (Å²) in [4.78, 5) is 31.5. The first-order chi connectivity index (χ1) is 13.1. The summed E-state index contributed by atoms with van der Waals surface area (Å²) >= 11 is 0. The Hall–Kier alpha value is -1.92. The van der Waals surface area contributed by atoms with E-state index in [2.05, 4.69) is 11.8 Å². The van der Waals surface area contributed by atoms with Gasteiger partial charge in [0.05, 0.1) is 13.2 Å². The molecule has 146 valence electrons. The van der Waals surface area contributed by atoms with Crippen molar-refractivity contribution in [2.24, 2.45) is 0 Å². The average Bonchev–Trinajstić information content (AvgIpc) is 2.68. The van der Waals surface area contributed by atoms with Crippen LogP contribution >= 0.6 is 0 Å². The highest BCUT2D eigenvalue weighted by Crippen LogP contribution is 2.25. The second-order valence-corrected chi connectivity index (χ2v) is 7.93. The summed E-state index contributed by atoms with van der Waals surface area (Å²) in [7, 11) is 0. The number of carbonyl (C=O) groups is 2. The normalized spacial score (nSPS) is 24.6. The van der Waals surface area contributed by atoms with E-state index < -0.39 is 0 Å². The maximum Gasteiger partial charge on any atom is 0.254 e. The number of amides is 2. The van der Waals surface area contributed by atoms with Gasteiger partial charge in [-0.25, -0.2) is 0 Å². The molecule has 3 aliphatic heterocycles. The zero-order chi connectivity index (χ0) is 18.8. The monoisotopic (exact) mass is 371 g/mol. The topological polar surface area (TPSA) is 53.1 Å². The predicted molar refractivity (Wildman–Crippen MR) is 103 cm³/mol. The van der Waals surface area contributed by atoms with Gasteiger partial charge in [0.1, 0.15) is 0 Å². The Balaban J connectivity index is 1.32. The van der Waals surface area contributed by atoms with Crippen LogP contribution in [0.2, 0.25) is 0 Å². The first-order valence-corrected chi connectivity index (χ1v) is 10.2. The lowest BCUT2D eigenvalue weighted by molar-refractivity contribution is 0.00212. The molecule has 6 nitrogen and oxygen atoms in total. The van der Waals surface area contributed by atoms with E-state index in [9.17, 15) is 9.59 Å². The molecular weight excluding hydrogens is 342 g/mol. The van der Waals surface area contributed by atoms with Crippen molar-refractivity contribution in [3.8, 4) is 0 Å². The van der Waals surface area contributed by atoms with Gasteiger partial charge >= 0.3 is 0 Å². The van der Waals surface area contributed by atoms with Crippen molar-refractivity contribution in [2.45, 2.75) is 38.3 Å². The summed E-state index contributed by atoms with van der Waals surface area (Å²) in [5.74, 6) is 0.0849. The molecule has 1 atom stereocenters. The lowest BCUT2D eigenvalue weighted by Gasteiger charge is -2.49. The van der Waals surface area contributed by atoms with Crippen LogP contribution < -0.4 is 0 Å². The van der Waals surface area contributed by atoms with Crippen molar-refractivity contribution < 1.29 is 14.3 Å². The quantitative estimate of drug-likeness (QED) is 0.814. The van der Waals surface area contributed by atoms with E-state index in [0.717, 1.165) is 19.6 Å². The average molecular weight is 371 g/mol. The molecule has 1 aromatic rings. The third kappa shape index (κ3) is 3.87. The van der Waals surface area contributed by atoms with E-state index in [1.54, 1.807) is 29.2 Å². The largest absolute Gasteiger partial charge is 0.378 e. The van der Waals surface area contributed by atoms with Crippen LogP contribution in [0, 0.1) is 0 Å². The van der Waals surface area contributed by atoms with Crippen molar-refractivity contribution in [3.05, 3.63) is 35.4 Å². The number of carbonyl (C=O) groups excluding carboxylic acids is 2. The molecule has 0 radical (unpaired) electrons. The molecule has 3 heterocycles. The van der Waals surface area contributed by atoms with E-state index >= 15 is 0 Å². The van der Waals surface area contributed by atoms with Crippen LogP contribution in [0.4, 0.5) is 0 Å². The van der Waals surface area contributed by atoms with E-state index in [1.807, 2.05) is 4.90 Å². The molecule has 0 aliphatic carbocycles. The van der Waals surface area contributed by atoms with Gasteiger partial charge in [-0.1, -0.05) is 6.42 Å². The molecule has 0 unspecified atom stereocenters. The third-order valence-corrected chi connectivity index (χ3v) is 6.15. The summed E-state index contributed by atoms with van der Waals surface area (Å²) in [5, 5.41) is 0. The fourth-order valence-electron chi connectivity index (χ4n) is 4.38. The Morgan fingerprint density at radius 2 is 1.48 bits per heavy atom. The lowest BCUT2D eigenvalue weighted by Crippen LogP contribution is -2.63. The first kappa shape index (κ1) is 18.4. The Bertz CT molecular complexity index is 678. The number of ether oxygens (including phenoxy) is 1. The Morgan fingerprint density at radius 3 is 2.07 bits per heavy atom. The molecule has 6 heteroatoms. The standard InChI is InChI=1S/C21H29N3O3/c1-16-4-2-3-9-24(16)19-14-23(15-19)21(26)18-7-5-17(6-8-18)20(25)22-10-12-27-13-11-22/h5-8,16,19H,2-4,9-15H2,1H3/t16-/m1/s1. The van der Waals surface area contributed by atoms with Crippen molar-refractivity contribution in [1.29, 1.82) is 0 Å². The minimum Gasteiger partial charge on any atom is -0.378 e. The minimum atomic E-state index is 0.0143. The second kappa shape index (κ2) is 7.98. The van der Waals surface area contributed by atoms with Crippen molar-refractivity contribution in [1.82, 2.24) is 14.7 Å². The van der Waals surface area contributed by atoms with Gasteiger partial charge in [-0.15, -0.1) is 0 Å². The summed E-state index contributed by atoms with van der Waals surface area (Å²) < 4.78 is 5.29. The SMILES string of the molecule is C[C@@H]1CCCCN1C1CN(C(=O)c2ccc(C(=O)N3CCOCC3)cc2)C1. The number of hydrogen-bond donors (Lipinski definition) is 0. The molecule has 1 aromatic carbocycles.